The summed E-state index contributed by atoms with van der Waals surface area (Å²) in [6.07, 6.45) is 3.97. The van der Waals surface area contributed by atoms with E-state index in [0.29, 0.717) is 12.6 Å². The molecule has 24 heavy (non-hydrogen) atoms. The molecule has 2 aliphatic rings. The van der Waals surface area contributed by atoms with E-state index in [-0.39, 0.29) is 24.0 Å². The number of hydrogen-bond donors (Lipinski definition) is 2. The van der Waals surface area contributed by atoms with E-state index in [9.17, 15) is 0 Å². The molecule has 1 saturated heterocycles. The quantitative estimate of drug-likeness (QED) is 0.411. The van der Waals surface area contributed by atoms with Gasteiger partial charge in [-0.15, -0.1) is 24.0 Å². The van der Waals surface area contributed by atoms with Crippen LogP contribution in [0.1, 0.15) is 25.0 Å². The lowest BCUT2D eigenvalue weighted by Gasteiger charge is -2.19. The van der Waals surface area contributed by atoms with Gasteiger partial charge < -0.3 is 15.5 Å². The van der Waals surface area contributed by atoms with Gasteiger partial charge in [0, 0.05) is 46.3 Å². The Kier molecular flexibility index (Phi) is 7.09. The Morgan fingerprint density at radius 3 is 2.79 bits per heavy atom. The zero-order chi connectivity index (χ0) is 16.2. The van der Waals surface area contributed by atoms with Crippen molar-refractivity contribution >= 4 is 35.8 Å². The predicted octanol–water partition coefficient (Wildman–Crippen LogP) is 1.67. The third-order valence-corrected chi connectivity index (χ3v) is 4.53. The number of hydrogen-bond acceptors (Lipinski definition) is 4. The summed E-state index contributed by atoms with van der Waals surface area (Å²) in [7, 11) is 5.84. The van der Waals surface area contributed by atoms with Crippen molar-refractivity contribution in [3.05, 3.63) is 23.9 Å². The van der Waals surface area contributed by atoms with Crippen molar-refractivity contribution in [1.29, 1.82) is 0 Å². The Hall–Kier alpha value is -1.09. The molecule has 2 N–H and O–H groups in total. The summed E-state index contributed by atoms with van der Waals surface area (Å²) in [5.41, 5.74) is 1.02. The van der Waals surface area contributed by atoms with Crippen LogP contribution in [0.3, 0.4) is 0 Å². The van der Waals surface area contributed by atoms with Gasteiger partial charge in [0.2, 0.25) is 0 Å². The molecule has 0 aromatic carbocycles. The Morgan fingerprint density at radius 2 is 2.12 bits per heavy atom. The summed E-state index contributed by atoms with van der Waals surface area (Å²) in [6.45, 7) is 3.03. The minimum atomic E-state index is 0. The van der Waals surface area contributed by atoms with Crippen molar-refractivity contribution in [3.63, 3.8) is 0 Å². The molecule has 1 aromatic rings. The molecule has 1 aliphatic carbocycles. The zero-order valence-electron chi connectivity index (χ0n) is 14.8. The highest BCUT2D eigenvalue weighted by Crippen LogP contribution is 2.29. The molecule has 1 aliphatic heterocycles. The van der Waals surface area contributed by atoms with Crippen LogP contribution in [0.4, 0.5) is 5.82 Å². The summed E-state index contributed by atoms with van der Waals surface area (Å²) < 4.78 is 0. The molecule has 0 radical (unpaired) electrons. The second-order valence-corrected chi connectivity index (χ2v) is 6.66. The fourth-order valence-corrected chi connectivity index (χ4v) is 3.05. The first-order valence-electron chi connectivity index (χ1n) is 8.50. The van der Waals surface area contributed by atoms with Crippen LogP contribution in [-0.4, -0.2) is 62.2 Å². The summed E-state index contributed by atoms with van der Waals surface area (Å²) in [5.74, 6) is 1.84. The molecule has 0 bridgehead atoms. The van der Waals surface area contributed by atoms with E-state index in [1.807, 2.05) is 44.2 Å². The average molecular weight is 444 g/mol. The van der Waals surface area contributed by atoms with Gasteiger partial charge in [-0.05, 0) is 31.4 Å². The first-order chi connectivity index (χ1) is 11.2. The van der Waals surface area contributed by atoms with Crippen LogP contribution in [0.2, 0.25) is 0 Å². The number of rotatable bonds is 5. The SMILES string of the molecule is CN=C(NCc1cccc(N(C)C)n1)NC1CCN(C2CC2)C1.I. The van der Waals surface area contributed by atoms with E-state index < -0.39 is 0 Å². The van der Waals surface area contributed by atoms with E-state index in [2.05, 4.69) is 25.5 Å². The van der Waals surface area contributed by atoms with Gasteiger partial charge in [-0.2, -0.15) is 0 Å². The molecule has 2 heterocycles. The number of pyridine rings is 1. The maximum atomic E-state index is 4.63. The Bertz CT molecular complexity index is 558. The highest BCUT2D eigenvalue weighted by Gasteiger charge is 2.34. The van der Waals surface area contributed by atoms with Crippen LogP contribution >= 0.6 is 24.0 Å². The van der Waals surface area contributed by atoms with Gasteiger partial charge in [0.05, 0.1) is 12.2 Å². The highest BCUT2D eigenvalue weighted by molar-refractivity contribution is 14.0. The molecule has 6 nitrogen and oxygen atoms in total. The lowest BCUT2D eigenvalue weighted by atomic mass is 10.3. The number of aromatic nitrogens is 1. The summed E-state index contributed by atoms with van der Waals surface area (Å²) in [4.78, 5) is 13.6. The van der Waals surface area contributed by atoms with Gasteiger partial charge in [0.25, 0.3) is 0 Å². The van der Waals surface area contributed by atoms with Crippen molar-refractivity contribution in [2.24, 2.45) is 4.99 Å². The fourth-order valence-electron chi connectivity index (χ4n) is 3.05. The Morgan fingerprint density at radius 1 is 1.33 bits per heavy atom. The third kappa shape index (κ3) is 5.20. The largest absolute Gasteiger partial charge is 0.363 e. The van der Waals surface area contributed by atoms with E-state index in [4.69, 9.17) is 0 Å². The first kappa shape index (κ1) is 19.2. The Labute approximate surface area is 162 Å². The monoisotopic (exact) mass is 444 g/mol. The van der Waals surface area contributed by atoms with Crippen LogP contribution in [0, 0.1) is 0 Å². The van der Waals surface area contributed by atoms with E-state index >= 15 is 0 Å². The van der Waals surface area contributed by atoms with Gasteiger partial charge in [0.15, 0.2) is 5.96 Å². The van der Waals surface area contributed by atoms with Gasteiger partial charge in [-0.3, -0.25) is 9.89 Å². The molecule has 1 unspecified atom stereocenters. The predicted molar refractivity (Wildman–Crippen MR) is 110 cm³/mol. The van der Waals surface area contributed by atoms with Crippen molar-refractivity contribution in [3.8, 4) is 0 Å². The molecular weight excluding hydrogens is 415 g/mol. The van der Waals surface area contributed by atoms with E-state index in [1.165, 1.54) is 25.8 Å². The minimum absolute atomic E-state index is 0. The number of guanidine groups is 1. The van der Waals surface area contributed by atoms with Gasteiger partial charge in [-0.25, -0.2) is 4.98 Å². The maximum absolute atomic E-state index is 4.63. The van der Waals surface area contributed by atoms with Crippen molar-refractivity contribution in [2.45, 2.75) is 37.9 Å². The number of likely N-dealkylation sites (tertiary alicyclic amines) is 1. The number of nitrogens with zero attached hydrogens (tertiary/aromatic N) is 4. The summed E-state index contributed by atoms with van der Waals surface area (Å²) in [6, 6.07) is 7.46. The van der Waals surface area contributed by atoms with E-state index in [0.717, 1.165) is 30.1 Å². The molecule has 0 amide bonds. The van der Waals surface area contributed by atoms with Crippen LogP contribution in [0.25, 0.3) is 0 Å². The van der Waals surface area contributed by atoms with Crippen LogP contribution in [0.15, 0.2) is 23.2 Å². The normalized spacial score (nSPS) is 21.3. The van der Waals surface area contributed by atoms with Crippen molar-refractivity contribution < 1.29 is 0 Å². The van der Waals surface area contributed by atoms with E-state index in [1.54, 1.807) is 0 Å². The fraction of sp³-hybridized carbons (Fsp3) is 0.647. The smallest absolute Gasteiger partial charge is 0.191 e. The summed E-state index contributed by atoms with van der Waals surface area (Å²) >= 11 is 0. The number of halogens is 1. The van der Waals surface area contributed by atoms with Crippen molar-refractivity contribution in [2.75, 3.05) is 39.1 Å². The molecule has 3 rings (SSSR count). The highest BCUT2D eigenvalue weighted by atomic mass is 127. The second kappa shape index (κ2) is 8.84. The molecule has 1 saturated carbocycles. The summed E-state index contributed by atoms with van der Waals surface area (Å²) in [5, 5.41) is 6.92. The van der Waals surface area contributed by atoms with Gasteiger partial charge >= 0.3 is 0 Å². The molecular formula is C17H29IN6. The topological polar surface area (TPSA) is 55.8 Å². The molecule has 1 atom stereocenters. The third-order valence-electron chi connectivity index (χ3n) is 4.53. The van der Waals surface area contributed by atoms with Gasteiger partial charge in [-0.1, -0.05) is 6.07 Å². The number of aliphatic imine (C=N–C) groups is 1. The zero-order valence-corrected chi connectivity index (χ0v) is 17.2. The lowest BCUT2D eigenvalue weighted by Crippen LogP contribution is -2.44. The standard InChI is InChI=1S/C17H28N6.HI/c1-18-17(21-14-9-10-23(12-14)15-7-8-15)19-11-13-5-4-6-16(20-13)22(2)3;/h4-6,14-15H,7-12H2,1-3H3,(H2,18,19,21);1H. The van der Waals surface area contributed by atoms with Crippen LogP contribution < -0.4 is 15.5 Å². The average Bonchev–Trinajstić information content (AvgIpc) is 3.31. The molecule has 7 heteroatoms. The second-order valence-electron chi connectivity index (χ2n) is 6.66. The maximum Gasteiger partial charge on any atom is 0.191 e. The Balaban J connectivity index is 0.00000208. The number of nitrogens with one attached hydrogen (secondary N) is 2. The van der Waals surface area contributed by atoms with Crippen LogP contribution in [-0.2, 0) is 6.54 Å². The van der Waals surface area contributed by atoms with Gasteiger partial charge in [0.1, 0.15) is 5.82 Å². The first-order valence-corrected chi connectivity index (χ1v) is 8.50. The minimum Gasteiger partial charge on any atom is -0.363 e. The van der Waals surface area contributed by atoms with Crippen molar-refractivity contribution in [1.82, 2.24) is 20.5 Å². The molecule has 134 valence electrons. The van der Waals surface area contributed by atoms with Crippen LogP contribution in [0.5, 0.6) is 0 Å². The molecule has 0 spiro atoms. The molecule has 2 fully saturated rings. The molecule has 1 aromatic heterocycles. The lowest BCUT2D eigenvalue weighted by molar-refractivity contribution is 0.321. The number of anilines is 1.